The standard InChI is InChI=1S/C11H7BrFNOS/c12-8-5-16-4-7(8)11(15)6-1-2-10(14)9(13)3-6/h1-5H,14H2. The Morgan fingerprint density at radius 3 is 2.69 bits per heavy atom. The lowest BCUT2D eigenvalue weighted by molar-refractivity contribution is 0.103. The second kappa shape index (κ2) is 4.35. The number of nitrogens with two attached hydrogens (primary N) is 1. The van der Waals surface area contributed by atoms with E-state index in [1.165, 1.54) is 23.5 Å². The zero-order valence-electron chi connectivity index (χ0n) is 8.04. The van der Waals surface area contributed by atoms with Crippen molar-refractivity contribution in [2.75, 3.05) is 5.73 Å². The molecular formula is C11H7BrFNOS. The van der Waals surface area contributed by atoms with E-state index in [0.29, 0.717) is 11.1 Å². The summed E-state index contributed by atoms with van der Waals surface area (Å²) in [5.41, 5.74) is 6.22. The lowest BCUT2D eigenvalue weighted by Crippen LogP contribution is -2.02. The van der Waals surface area contributed by atoms with E-state index in [4.69, 9.17) is 5.73 Å². The maximum absolute atomic E-state index is 13.2. The van der Waals surface area contributed by atoms with Crippen molar-refractivity contribution in [3.63, 3.8) is 0 Å². The average molecular weight is 300 g/mol. The highest BCUT2D eigenvalue weighted by molar-refractivity contribution is 9.10. The van der Waals surface area contributed by atoms with Crippen LogP contribution >= 0.6 is 27.3 Å². The molecule has 2 nitrogen and oxygen atoms in total. The SMILES string of the molecule is Nc1ccc(C(=O)c2cscc2Br)cc1F. The van der Waals surface area contributed by atoms with Gasteiger partial charge in [-0.2, -0.15) is 11.3 Å². The monoisotopic (exact) mass is 299 g/mol. The molecule has 0 aliphatic heterocycles. The van der Waals surface area contributed by atoms with Gasteiger partial charge in [0.1, 0.15) is 5.82 Å². The normalized spacial score (nSPS) is 10.4. The van der Waals surface area contributed by atoms with E-state index in [1.54, 1.807) is 10.8 Å². The second-order valence-corrected chi connectivity index (χ2v) is 4.80. The number of nitrogen functional groups attached to an aromatic ring is 1. The highest BCUT2D eigenvalue weighted by Gasteiger charge is 2.14. The van der Waals surface area contributed by atoms with Gasteiger partial charge in [0.15, 0.2) is 5.78 Å². The van der Waals surface area contributed by atoms with Crippen molar-refractivity contribution in [2.24, 2.45) is 0 Å². The molecule has 0 saturated carbocycles. The summed E-state index contributed by atoms with van der Waals surface area (Å²) in [5, 5.41) is 3.53. The molecule has 0 unspecified atom stereocenters. The molecule has 0 bridgehead atoms. The Morgan fingerprint density at radius 2 is 2.12 bits per heavy atom. The third kappa shape index (κ3) is 2.01. The number of thiophene rings is 1. The molecule has 1 aromatic carbocycles. The summed E-state index contributed by atoms with van der Waals surface area (Å²) in [4.78, 5) is 12.0. The predicted molar refractivity (Wildman–Crippen MR) is 66.3 cm³/mol. The van der Waals surface area contributed by atoms with Gasteiger partial charge >= 0.3 is 0 Å². The molecule has 16 heavy (non-hydrogen) atoms. The predicted octanol–water partition coefficient (Wildman–Crippen LogP) is 3.46. The fourth-order valence-electron chi connectivity index (χ4n) is 1.27. The van der Waals surface area contributed by atoms with Crippen LogP contribution in [0.4, 0.5) is 10.1 Å². The van der Waals surface area contributed by atoms with Crippen molar-refractivity contribution in [1.82, 2.24) is 0 Å². The van der Waals surface area contributed by atoms with Gasteiger partial charge in [-0.3, -0.25) is 4.79 Å². The Labute approximate surface area is 104 Å². The summed E-state index contributed by atoms with van der Waals surface area (Å²) in [6.45, 7) is 0. The number of anilines is 1. The number of ketones is 1. The van der Waals surface area contributed by atoms with Crippen molar-refractivity contribution in [2.45, 2.75) is 0 Å². The van der Waals surface area contributed by atoms with Gasteiger partial charge in [0.25, 0.3) is 0 Å². The second-order valence-electron chi connectivity index (χ2n) is 3.20. The van der Waals surface area contributed by atoms with E-state index < -0.39 is 5.82 Å². The molecule has 0 spiro atoms. The van der Waals surface area contributed by atoms with Gasteiger partial charge in [-0.1, -0.05) is 0 Å². The van der Waals surface area contributed by atoms with Gasteiger partial charge in [0.2, 0.25) is 0 Å². The van der Waals surface area contributed by atoms with Gasteiger partial charge in [0, 0.05) is 26.4 Å². The first-order valence-corrected chi connectivity index (χ1v) is 6.14. The van der Waals surface area contributed by atoms with Crippen LogP contribution in [0.2, 0.25) is 0 Å². The molecule has 0 aliphatic carbocycles. The molecule has 0 saturated heterocycles. The van der Waals surface area contributed by atoms with Crippen LogP contribution in [0.3, 0.4) is 0 Å². The lowest BCUT2D eigenvalue weighted by Gasteiger charge is -2.01. The molecule has 2 N–H and O–H groups in total. The number of hydrogen-bond acceptors (Lipinski definition) is 3. The fraction of sp³-hybridized carbons (Fsp3) is 0. The minimum absolute atomic E-state index is 0.0425. The van der Waals surface area contributed by atoms with Crippen LogP contribution in [0.25, 0.3) is 0 Å². The van der Waals surface area contributed by atoms with Gasteiger partial charge in [0.05, 0.1) is 5.69 Å². The van der Waals surface area contributed by atoms with Crippen LogP contribution in [0.1, 0.15) is 15.9 Å². The molecule has 0 amide bonds. The number of rotatable bonds is 2. The Bertz CT molecular complexity index is 553. The van der Waals surface area contributed by atoms with Crippen LogP contribution < -0.4 is 5.73 Å². The molecule has 1 heterocycles. The van der Waals surface area contributed by atoms with Crippen LogP contribution in [0, 0.1) is 5.82 Å². The van der Waals surface area contributed by atoms with Crippen molar-refractivity contribution >= 4 is 38.7 Å². The largest absolute Gasteiger partial charge is 0.396 e. The highest BCUT2D eigenvalue weighted by atomic mass is 79.9. The molecular weight excluding hydrogens is 293 g/mol. The smallest absolute Gasteiger partial charge is 0.195 e. The van der Waals surface area contributed by atoms with Crippen molar-refractivity contribution < 1.29 is 9.18 Å². The summed E-state index contributed by atoms with van der Waals surface area (Å²) < 4.78 is 13.9. The molecule has 2 aromatic rings. The highest BCUT2D eigenvalue weighted by Crippen LogP contribution is 2.25. The summed E-state index contributed by atoms with van der Waals surface area (Å²) in [6, 6.07) is 4.06. The van der Waals surface area contributed by atoms with E-state index in [9.17, 15) is 9.18 Å². The summed E-state index contributed by atoms with van der Waals surface area (Å²) in [5.74, 6) is -0.788. The minimum Gasteiger partial charge on any atom is -0.396 e. The summed E-state index contributed by atoms with van der Waals surface area (Å²) >= 11 is 4.68. The summed E-state index contributed by atoms with van der Waals surface area (Å²) in [7, 11) is 0. The molecule has 5 heteroatoms. The number of carbonyl (C=O) groups excluding carboxylic acids is 1. The number of benzene rings is 1. The van der Waals surface area contributed by atoms with E-state index in [1.807, 2.05) is 0 Å². The Hall–Kier alpha value is -1.20. The zero-order valence-corrected chi connectivity index (χ0v) is 10.4. The van der Waals surface area contributed by atoms with Crippen molar-refractivity contribution in [3.05, 3.63) is 50.4 Å². The van der Waals surface area contributed by atoms with Crippen molar-refractivity contribution in [1.29, 1.82) is 0 Å². The van der Waals surface area contributed by atoms with E-state index in [0.717, 1.165) is 10.5 Å². The molecule has 0 aliphatic rings. The van der Waals surface area contributed by atoms with E-state index >= 15 is 0 Å². The fourth-order valence-corrected chi connectivity index (χ4v) is 2.72. The average Bonchev–Trinajstić information content (AvgIpc) is 2.67. The number of carbonyl (C=O) groups is 1. The van der Waals surface area contributed by atoms with E-state index in [2.05, 4.69) is 15.9 Å². The number of halogens is 2. The first kappa shape index (κ1) is 11.3. The zero-order chi connectivity index (χ0) is 11.7. The van der Waals surface area contributed by atoms with Gasteiger partial charge in [-0.05, 0) is 34.1 Å². The number of hydrogen-bond donors (Lipinski definition) is 1. The molecule has 1 aromatic heterocycles. The Kier molecular flexibility index (Phi) is 3.07. The Morgan fingerprint density at radius 1 is 1.38 bits per heavy atom. The first-order chi connectivity index (χ1) is 7.59. The van der Waals surface area contributed by atoms with Crippen LogP contribution in [0.15, 0.2) is 33.4 Å². The molecule has 0 atom stereocenters. The van der Waals surface area contributed by atoms with Crippen molar-refractivity contribution in [3.8, 4) is 0 Å². The molecule has 0 radical (unpaired) electrons. The Balaban J connectivity index is 2.42. The van der Waals surface area contributed by atoms with Crippen LogP contribution in [0.5, 0.6) is 0 Å². The van der Waals surface area contributed by atoms with Gasteiger partial charge in [-0.15, -0.1) is 0 Å². The van der Waals surface area contributed by atoms with Gasteiger partial charge in [-0.25, -0.2) is 4.39 Å². The van der Waals surface area contributed by atoms with E-state index in [-0.39, 0.29) is 11.5 Å². The third-order valence-corrected chi connectivity index (χ3v) is 3.82. The van der Waals surface area contributed by atoms with Gasteiger partial charge < -0.3 is 5.73 Å². The molecule has 0 fully saturated rings. The maximum Gasteiger partial charge on any atom is 0.195 e. The third-order valence-electron chi connectivity index (χ3n) is 2.12. The quantitative estimate of drug-likeness (QED) is 0.682. The van der Waals surface area contributed by atoms with Crippen LogP contribution in [-0.4, -0.2) is 5.78 Å². The van der Waals surface area contributed by atoms with Crippen LogP contribution in [-0.2, 0) is 0 Å². The lowest BCUT2D eigenvalue weighted by atomic mass is 10.1. The first-order valence-electron chi connectivity index (χ1n) is 4.41. The minimum atomic E-state index is -0.572. The molecule has 2 rings (SSSR count). The molecule has 82 valence electrons. The topological polar surface area (TPSA) is 43.1 Å². The summed E-state index contributed by atoms with van der Waals surface area (Å²) in [6.07, 6.45) is 0. The maximum atomic E-state index is 13.2.